The van der Waals surface area contributed by atoms with E-state index in [1.807, 2.05) is 30.9 Å². The fraction of sp³-hybridized carbons (Fsp3) is 0.0400. The van der Waals surface area contributed by atoms with Gasteiger partial charge in [0, 0.05) is 24.8 Å². The van der Waals surface area contributed by atoms with E-state index in [4.69, 9.17) is 0 Å². The zero-order chi connectivity index (χ0) is 19.7. The Balaban J connectivity index is 0.000000359. The Morgan fingerprint density at radius 2 is 1.31 bits per heavy atom. The highest BCUT2D eigenvalue weighted by Gasteiger charge is 2.15. The average molecular weight is 378 g/mol. The highest BCUT2D eigenvalue weighted by Crippen LogP contribution is 2.28. The first-order valence-corrected chi connectivity index (χ1v) is 9.52. The van der Waals surface area contributed by atoms with Crippen molar-refractivity contribution in [3.63, 3.8) is 0 Å². The van der Waals surface area contributed by atoms with Crippen molar-refractivity contribution in [3.05, 3.63) is 133 Å². The molecule has 142 valence electrons. The molecule has 29 heavy (non-hydrogen) atoms. The van der Waals surface area contributed by atoms with Crippen molar-refractivity contribution in [1.29, 1.82) is 0 Å². The maximum atomic E-state index is 4.22. The number of H-pyrrole nitrogens is 1. The van der Waals surface area contributed by atoms with Crippen molar-refractivity contribution in [3.8, 4) is 11.1 Å². The topological polar surface area (TPSA) is 46.5 Å². The molecule has 1 unspecified atom stereocenters. The Hall–Kier alpha value is -3.92. The number of hydrogen-bond donors (Lipinski definition) is 1. The Kier molecular flexibility index (Phi) is 5.93. The minimum atomic E-state index is 0.138. The molecule has 0 aliphatic rings. The van der Waals surface area contributed by atoms with E-state index in [1.165, 1.54) is 22.3 Å². The molecule has 0 radical (unpaired) electrons. The minimum Gasteiger partial charge on any atom is -0.351 e. The third-order valence-electron chi connectivity index (χ3n) is 4.68. The van der Waals surface area contributed by atoms with Crippen LogP contribution in [0.3, 0.4) is 0 Å². The molecular formula is C25H22N4. The normalized spacial score (nSPS) is 11.3. The van der Waals surface area contributed by atoms with E-state index in [-0.39, 0.29) is 6.04 Å². The number of aromatic amines is 1. The fourth-order valence-corrected chi connectivity index (χ4v) is 3.30. The standard InChI is InChI=1S/C22H18N2.C3H4N2/c1-3-7-18(8-4-1)19-11-13-21(14-12-19)22(24-16-15-23-17-24)20-9-5-2-6-10-20;1-2-5-3-4-1/h1-17,22H;1-3H,(H,4,5). The molecule has 5 aromatic rings. The molecule has 0 saturated heterocycles. The van der Waals surface area contributed by atoms with Gasteiger partial charge in [-0.25, -0.2) is 9.97 Å². The lowest BCUT2D eigenvalue weighted by atomic mass is 9.96. The number of rotatable bonds is 4. The third-order valence-corrected chi connectivity index (χ3v) is 4.68. The third kappa shape index (κ3) is 4.68. The lowest BCUT2D eigenvalue weighted by Crippen LogP contribution is -2.10. The lowest BCUT2D eigenvalue weighted by molar-refractivity contribution is 0.677. The predicted molar refractivity (Wildman–Crippen MR) is 116 cm³/mol. The van der Waals surface area contributed by atoms with Crippen molar-refractivity contribution >= 4 is 0 Å². The highest BCUT2D eigenvalue weighted by molar-refractivity contribution is 5.63. The summed E-state index contributed by atoms with van der Waals surface area (Å²) in [6.07, 6.45) is 10.8. The molecule has 0 aliphatic carbocycles. The first-order valence-electron chi connectivity index (χ1n) is 9.52. The first kappa shape index (κ1) is 18.4. The van der Waals surface area contributed by atoms with Crippen molar-refractivity contribution in [2.24, 2.45) is 0 Å². The summed E-state index contributed by atoms with van der Waals surface area (Å²) in [5.74, 6) is 0. The van der Waals surface area contributed by atoms with E-state index in [9.17, 15) is 0 Å². The molecule has 2 aromatic heterocycles. The molecule has 3 aromatic carbocycles. The summed E-state index contributed by atoms with van der Waals surface area (Å²) in [7, 11) is 0. The molecule has 1 N–H and O–H groups in total. The molecule has 2 heterocycles. The quantitative estimate of drug-likeness (QED) is 0.443. The Morgan fingerprint density at radius 1 is 0.655 bits per heavy atom. The van der Waals surface area contributed by atoms with Crippen molar-refractivity contribution in [2.45, 2.75) is 6.04 Å². The van der Waals surface area contributed by atoms with Crippen molar-refractivity contribution in [2.75, 3.05) is 0 Å². The Labute approximate surface area is 170 Å². The molecule has 0 fully saturated rings. The summed E-state index contributed by atoms with van der Waals surface area (Å²) in [6.45, 7) is 0. The molecule has 4 nitrogen and oxygen atoms in total. The smallest absolute Gasteiger partial charge is 0.0954 e. The van der Waals surface area contributed by atoms with Crippen LogP contribution in [0.15, 0.2) is 122 Å². The second-order valence-electron chi connectivity index (χ2n) is 6.57. The van der Waals surface area contributed by atoms with E-state index in [0.717, 1.165) is 0 Å². The highest BCUT2D eigenvalue weighted by atomic mass is 15.0. The minimum absolute atomic E-state index is 0.138. The van der Waals surface area contributed by atoms with Crippen LogP contribution in [0.25, 0.3) is 11.1 Å². The lowest BCUT2D eigenvalue weighted by Gasteiger charge is -2.20. The fourth-order valence-electron chi connectivity index (χ4n) is 3.30. The van der Waals surface area contributed by atoms with E-state index in [1.54, 1.807) is 18.7 Å². The van der Waals surface area contributed by atoms with Gasteiger partial charge in [-0.05, 0) is 22.3 Å². The average Bonchev–Trinajstić information content (AvgIpc) is 3.53. The molecular weight excluding hydrogens is 356 g/mol. The van der Waals surface area contributed by atoms with Crippen LogP contribution in [0.2, 0.25) is 0 Å². The summed E-state index contributed by atoms with van der Waals surface area (Å²) in [5.41, 5.74) is 4.97. The molecule has 0 amide bonds. The first-order chi connectivity index (χ1) is 14.4. The maximum absolute atomic E-state index is 4.22. The summed E-state index contributed by atoms with van der Waals surface area (Å²) in [4.78, 5) is 10.6. The Bertz CT molecular complexity index is 1050. The molecule has 4 heteroatoms. The van der Waals surface area contributed by atoms with Crippen LogP contribution < -0.4 is 0 Å². The number of benzene rings is 3. The molecule has 5 rings (SSSR count). The van der Waals surface area contributed by atoms with E-state index in [2.05, 4.69) is 92.3 Å². The summed E-state index contributed by atoms with van der Waals surface area (Å²) in [5, 5.41) is 0. The second kappa shape index (κ2) is 9.33. The van der Waals surface area contributed by atoms with Gasteiger partial charge in [-0.15, -0.1) is 0 Å². The number of nitrogens with one attached hydrogen (secondary N) is 1. The Morgan fingerprint density at radius 3 is 1.86 bits per heavy atom. The zero-order valence-corrected chi connectivity index (χ0v) is 16.0. The van der Waals surface area contributed by atoms with Gasteiger partial charge in [-0.3, -0.25) is 0 Å². The van der Waals surface area contributed by atoms with E-state index < -0.39 is 0 Å². The summed E-state index contributed by atoms with van der Waals surface area (Å²) in [6, 6.07) is 29.9. The molecule has 1 atom stereocenters. The van der Waals surface area contributed by atoms with Gasteiger partial charge in [0.05, 0.1) is 18.7 Å². The zero-order valence-electron chi connectivity index (χ0n) is 16.0. The predicted octanol–water partition coefficient (Wildman–Crippen LogP) is 5.60. The van der Waals surface area contributed by atoms with Gasteiger partial charge in [0.25, 0.3) is 0 Å². The monoisotopic (exact) mass is 378 g/mol. The van der Waals surface area contributed by atoms with Gasteiger partial charge in [-0.2, -0.15) is 0 Å². The van der Waals surface area contributed by atoms with Crippen LogP contribution in [-0.2, 0) is 0 Å². The number of imidazole rings is 2. The van der Waals surface area contributed by atoms with Gasteiger partial charge >= 0.3 is 0 Å². The summed E-state index contributed by atoms with van der Waals surface area (Å²) < 4.78 is 2.15. The van der Waals surface area contributed by atoms with Crippen molar-refractivity contribution in [1.82, 2.24) is 19.5 Å². The van der Waals surface area contributed by atoms with E-state index >= 15 is 0 Å². The van der Waals surface area contributed by atoms with Crippen molar-refractivity contribution < 1.29 is 0 Å². The molecule has 0 spiro atoms. The van der Waals surface area contributed by atoms with E-state index in [0.29, 0.717) is 0 Å². The number of nitrogens with zero attached hydrogens (tertiary/aromatic N) is 3. The van der Waals surface area contributed by atoms with Gasteiger partial charge in [0.2, 0.25) is 0 Å². The van der Waals surface area contributed by atoms with Gasteiger partial charge in [-0.1, -0.05) is 84.9 Å². The summed E-state index contributed by atoms with van der Waals surface area (Å²) >= 11 is 0. The van der Waals surface area contributed by atoms with Crippen LogP contribution in [0.1, 0.15) is 17.2 Å². The largest absolute Gasteiger partial charge is 0.351 e. The van der Waals surface area contributed by atoms with Crippen LogP contribution in [-0.4, -0.2) is 19.5 Å². The molecule has 0 aliphatic heterocycles. The van der Waals surface area contributed by atoms with Crippen LogP contribution in [0.5, 0.6) is 0 Å². The molecule has 0 bridgehead atoms. The molecule has 0 saturated carbocycles. The van der Waals surface area contributed by atoms with Gasteiger partial charge < -0.3 is 9.55 Å². The SMILES string of the molecule is c1c[nH]cn1.c1ccc(-c2ccc(C(c3ccccc3)n3ccnc3)cc2)cc1. The van der Waals surface area contributed by atoms with Gasteiger partial charge in [0.1, 0.15) is 0 Å². The van der Waals surface area contributed by atoms with Crippen LogP contribution >= 0.6 is 0 Å². The number of aromatic nitrogens is 4. The second-order valence-corrected chi connectivity index (χ2v) is 6.57. The van der Waals surface area contributed by atoms with Gasteiger partial charge in [0.15, 0.2) is 0 Å². The van der Waals surface area contributed by atoms with Crippen LogP contribution in [0.4, 0.5) is 0 Å². The maximum Gasteiger partial charge on any atom is 0.0954 e. The number of hydrogen-bond acceptors (Lipinski definition) is 2. The van der Waals surface area contributed by atoms with Crippen LogP contribution in [0, 0.1) is 0 Å².